The lowest BCUT2D eigenvalue weighted by atomic mass is 9.80. The van der Waals surface area contributed by atoms with Gasteiger partial charge in [0.1, 0.15) is 22.3 Å². The number of alkyl halides is 3. The average Bonchev–Trinajstić information content (AvgIpc) is 3.76. The van der Waals surface area contributed by atoms with Gasteiger partial charge in [0.2, 0.25) is 11.8 Å². The van der Waals surface area contributed by atoms with Crippen molar-refractivity contribution < 1.29 is 51.7 Å². The number of halogens is 3. The number of carbonyl (C=O) groups excluding carboxylic acids is 4. The van der Waals surface area contributed by atoms with E-state index in [2.05, 4.69) is 0 Å². The minimum atomic E-state index is -4.60. The van der Waals surface area contributed by atoms with Gasteiger partial charge in [0.05, 0.1) is 22.5 Å². The molecule has 0 aromatic heterocycles. The Hall–Kier alpha value is -6.91. The summed E-state index contributed by atoms with van der Waals surface area (Å²) in [5, 5.41) is 12.9. The Morgan fingerprint density at radius 2 is 1.06 bits per heavy atom. The van der Waals surface area contributed by atoms with Crippen LogP contribution < -0.4 is 25.7 Å². The molecule has 0 aliphatic carbocycles. The molecule has 0 radical (unpaired) electrons. The monoisotopic (exact) mass is 978 g/mol. The molecule has 376 valence electrons. The van der Waals surface area contributed by atoms with E-state index < -0.39 is 69.8 Å². The van der Waals surface area contributed by atoms with Crippen molar-refractivity contribution in [2.45, 2.75) is 148 Å². The van der Waals surface area contributed by atoms with Gasteiger partial charge in [-0.2, -0.15) is 13.2 Å². The molecule has 0 unspecified atom stereocenters. The number of rotatable bonds is 10. The summed E-state index contributed by atoms with van der Waals surface area (Å²) in [5.74, 6) is -3.28. The van der Waals surface area contributed by atoms with Gasteiger partial charge in [-0.15, -0.1) is 0 Å². The Morgan fingerprint density at radius 1 is 0.648 bits per heavy atom. The molecular weight excluding hydrogens is 918 g/mol. The number of nitrogens with zero attached hydrogens (tertiary/aromatic N) is 4. The Balaban J connectivity index is 1.25. The second kappa shape index (κ2) is 16.6. The van der Waals surface area contributed by atoms with E-state index in [9.17, 15) is 27.9 Å². The number of hydrazine groups is 1. The number of hydrogen-bond donors (Lipinski definition) is 3. The molecule has 4 amide bonds. The molecule has 4 aliphatic heterocycles. The number of carbonyl (C=O) groups is 4. The summed E-state index contributed by atoms with van der Waals surface area (Å²) in [5.41, 5.74) is 11.5. The van der Waals surface area contributed by atoms with Crippen molar-refractivity contribution in [3.63, 3.8) is 0 Å². The highest BCUT2D eigenvalue weighted by atomic mass is 19.4. The molecule has 0 saturated carbocycles. The van der Waals surface area contributed by atoms with Gasteiger partial charge in [0.25, 0.3) is 11.8 Å². The number of phenolic OH excluding ortho intramolecular Hbond substituents is 1. The van der Waals surface area contributed by atoms with Crippen LogP contribution in [0, 0.1) is 0 Å². The van der Waals surface area contributed by atoms with E-state index >= 15 is 9.59 Å². The van der Waals surface area contributed by atoms with E-state index in [0.29, 0.717) is 70.7 Å². The Labute approximate surface area is 411 Å². The summed E-state index contributed by atoms with van der Waals surface area (Å²) < 4.78 is 58.2. The minimum absolute atomic E-state index is 0.0104. The fourth-order valence-corrected chi connectivity index (χ4v) is 10.1. The van der Waals surface area contributed by atoms with Gasteiger partial charge in [0, 0.05) is 57.3 Å². The largest absolute Gasteiger partial charge is 0.504 e. The standard InChI is InChI=1S/C54H61F3N6O8/c1-48(2)23-32-21-36(64)42-34(25-50(5,6)70-42)38(32)40(60-48)28-15-13-17-30(19-28)44(65)62(52(9,10)46(58)67)63(53(11,12)47(59)68)45(66)31-18-14-16-29(20-31)41-39-33(24-49(3,4)61-41)22-37(69-27-54(55,56)57)43-35(39)26-51(7,8)71-43/h13-22,64H,23-27H2,1-12H3,(H2,58,67)(H2,59,68). The fraction of sp³-hybridized carbons (Fsp3) is 0.444. The number of primary amides is 2. The van der Waals surface area contributed by atoms with Gasteiger partial charge >= 0.3 is 6.18 Å². The number of hydrogen-bond acceptors (Lipinski definition) is 10. The summed E-state index contributed by atoms with van der Waals surface area (Å²) in [6.07, 6.45) is -2.95. The Bertz CT molecular complexity index is 3020. The number of ether oxygens (including phenoxy) is 3. The van der Waals surface area contributed by atoms with E-state index in [4.69, 9.17) is 35.7 Å². The predicted octanol–water partition coefficient (Wildman–Crippen LogP) is 8.13. The summed E-state index contributed by atoms with van der Waals surface area (Å²) in [6.45, 7) is 19.1. The van der Waals surface area contributed by atoms with E-state index in [0.717, 1.165) is 26.7 Å². The van der Waals surface area contributed by atoms with Crippen LogP contribution in [-0.4, -0.2) is 96.3 Å². The third kappa shape index (κ3) is 9.30. The second-order valence-electron chi connectivity index (χ2n) is 22.6. The molecule has 0 spiro atoms. The van der Waals surface area contributed by atoms with Crippen LogP contribution in [-0.2, 0) is 35.3 Å². The fourth-order valence-electron chi connectivity index (χ4n) is 10.1. The van der Waals surface area contributed by atoms with Gasteiger partial charge in [-0.05, 0) is 143 Å². The van der Waals surface area contributed by atoms with Crippen LogP contribution in [0.2, 0.25) is 0 Å². The zero-order valence-corrected chi connectivity index (χ0v) is 42.2. The summed E-state index contributed by atoms with van der Waals surface area (Å²) >= 11 is 0. The summed E-state index contributed by atoms with van der Waals surface area (Å²) in [4.78, 5) is 68.5. The van der Waals surface area contributed by atoms with Gasteiger partial charge in [-0.3, -0.25) is 29.2 Å². The van der Waals surface area contributed by atoms with Crippen LogP contribution in [0.4, 0.5) is 13.2 Å². The first-order chi connectivity index (χ1) is 32.6. The van der Waals surface area contributed by atoms with Crippen LogP contribution in [0.3, 0.4) is 0 Å². The normalized spacial score (nSPS) is 18.0. The van der Waals surface area contributed by atoms with Crippen LogP contribution in [0.1, 0.15) is 148 Å². The zero-order valence-electron chi connectivity index (χ0n) is 42.2. The first-order valence-corrected chi connectivity index (χ1v) is 23.5. The second-order valence-corrected chi connectivity index (χ2v) is 22.6. The SMILES string of the molecule is CC1(C)Cc2cc(O)c3c(c2C(c2cccc(C(=O)N(N(C(=O)c4cccc(C5=NC(C)(C)Cc6cc(OCC(F)(F)F)c7c(c65)CC(C)(C)O7)c4)C(C)(C)C(N)=O)C(C)(C)C(N)=O)c2)=N1)CC(C)(C)O3. The first-order valence-electron chi connectivity index (χ1n) is 23.5. The van der Waals surface area contributed by atoms with Crippen molar-refractivity contribution in [2.24, 2.45) is 21.5 Å². The van der Waals surface area contributed by atoms with E-state index in [-0.39, 0.29) is 28.4 Å². The van der Waals surface area contributed by atoms with E-state index in [1.807, 2.05) is 55.4 Å². The van der Waals surface area contributed by atoms with Gasteiger partial charge < -0.3 is 30.8 Å². The molecule has 0 bridgehead atoms. The van der Waals surface area contributed by atoms with Gasteiger partial charge in [-0.25, -0.2) is 10.0 Å². The van der Waals surface area contributed by atoms with Crippen molar-refractivity contribution >= 4 is 35.1 Å². The molecule has 17 heteroatoms. The predicted molar refractivity (Wildman–Crippen MR) is 262 cm³/mol. The van der Waals surface area contributed by atoms with Gasteiger partial charge in [0.15, 0.2) is 29.6 Å². The van der Waals surface area contributed by atoms with E-state index in [1.165, 1.54) is 39.8 Å². The topological polar surface area (TPSA) is 199 Å². The van der Waals surface area contributed by atoms with Crippen LogP contribution >= 0.6 is 0 Å². The maximum atomic E-state index is 15.5. The third-order valence-corrected chi connectivity index (χ3v) is 13.4. The molecule has 71 heavy (non-hydrogen) atoms. The Kier molecular flexibility index (Phi) is 11.8. The number of phenols is 1. The molecule has 5 N–H and O–H groups in total. The van der Waals surface area contributed by atoms with Crippen molar-refractivity contribution in [2.75, 3.05) is 6.61 Å². The zero-order chi connectivity index (χ0) is 52.3. The number of aromatic hydroxyl groups is 1. The Morgan fingerprint density at radius 3 is 1.48 bits per heavy atom. The third-order valence-electron chi connectivity index (χ3n) is 13.4. The molecule has 4 aromatic rings. The smallest absolute Gasteiger partial charge is 0.422 e. The molecular formula is C54H61F3N6O8. The molecule has 4 aliphatic rings. The number of nitrogens with two attached hydrogens (primary N) is 2. The lowest BCUT2D eigenvalue weighted by molar-refractivity contribution is -0.153. The molecule has 4 heterocycles. The van der Waals surface area contributed by atoms with Crippen LogP contribution in [0.5, 0.6) is 23.0 Å². The highest BCUT2D eigenvalue weighted by Crippen LogP contribution is 2.50. The maximum Gasteiger partial charge on any atom is 0.422 e. The highest BCUT2D eigenvalue weighted by molar-refractivity contribution is 6.18. The molecule has 0 atom stereocenters. The van der Waals surface area contributed by atoms with E-state index in [1.54, 1.807) is 48.5 Å². The van der Waals surface area contributed by atoms with Crippen molar-refractivity contribution in [3.8, 4) is 23.0 Å². The number of benzene rings is 4. The van der Waals surface area contributed by atoms with Gasteiger partial charge in [-0.1, -0.05) is 24.3 Å². The van der Waals surface area contributed by atoms with Crippen LogP contribution in [0.15, 0.2) is 70.6 Å². The number of fused-ring (bicyclic) bond motifs is 6. The lowest BCUT2D eigenvalue weighted by Gasteiger charge is -2.49. The molecule has 14 nitrogen and oxygen atoms in total. The molecule has 4 aromatic carbocycles. The first kappa shape index (κ1) is 50.5. The maximum absolute atomic E-state index is 15.5. The number of amides is 4. The quantitative estimate of drug-likeness (QED) is 0.132. The molecule has 0 saturated heterocycles. The summed E-state index contributed by atoms with van der Waals surface area (Å²) in [6, 6.07) is 16.2. The van der Waals surface area contributed by atoms with Crippen molar-refractivity contribution in [3.05, 3.63) is 116 Å². The molecule has 0 fully saturated rings. The average molecular weight is 979 g/mol. The molecule has 8 rings (SSSR count). The number of aliphatic imine (C=N–C) groups is 2. The van der Waals surface area contributed by atoms with Crippen molar-refractivity contribution in [1.82, 2.24) is 10.0 Å². The summed E-state index contributed by atoms with van der Waals surface area (Å²) in [7, 11) is 0. The lowest BCUT2D eigenvalue weighted by Crippen LogP contribution is -2.71. The highest BCUT2D eigenvalue weighted by Gasteiger charge is 2.51. The van der Waals surface area contributed by atoms with Crippen LogP contribution in [0.25, 0.3) is 0 Å². The minimum Gasteiger partial charge on any atom is -0.504 e. The van der Waals surface area contributed by atoms with Crippen molar-refractivity contribution in [1.29, 1.82) is 0 Å².